The number of aryl methyl sites for hydroxylation is 2. The molecular weight excluding hydrogens is 434 g/mol. The van der Waals surface area contributed by atoms with E-state index in [1.165, 1.54) is 6.04 Å². The van der Waals surface area contributed by atoms with Gasteiger partial charge in [-0.05, 0) is 54.6 Å². The van der Waals surface area contributed by atoms with Gasteiger partial charge in [-0.15, -0.1) is 0 Å². The first kappa shape index (κ1) is 25.9. The van der Waals surface area contributed by atoms with Gasteiger partial charge in [-0.3, -0.25) is 4.98 Å². The molecular formula is C29H39N3OSi. The van der Waals surface area contributed by atoms with E-state index >= 15 is 0 Å². The number of rotatable bonds is 8. The zero-order valence-corrected chi connectivity index (χ0v) is 23.1. The maximum Gasteiger partial charge on any atom is 0.216 e. The lowest BCUT2D eigenvalue weighted by Crippen LogP contribution is -2.37. The second kappa shape index (κ2) is 9.88. The lowest BCUT2D eigenvalue weighted by molar-refractivity contribution is 0.395. The highest BCUT2D eigenvalue weighted by molar-refractivity contribution is 6.80. The summed E-state index contributed by atoms with van der Waals surface area (Å²) in [6, 6.07) is 18.3. The molecule has 0 fully saturated rings. The van der Waals surface area contributed by atoms with Gasteiger partial charge in [0.05, 0.1) is 32.2 Å². The molecule has 1 atom stereocenters. The Hall–Kier alpha value is -2.71. The molecule has 34 heavy (non-hydrogen) atoms. The smallest absolute Gasteiger partial charge is 0.216 e. The lowest BCUT2D eigenvalue weighted by atomic mass is 9.79. The van der Waals surface area contributed by atoms with Gasteiger partial charge in [0.2, 0.25) is 5.88 Å². The first-order valence-electron chi connectivity index (χ1n) is 12.3. The van der Waals surface area contributed by atoms with E-state index in [4.69, 9.17) is 14.7 Å². The zero-order valence-electron chi connectivity index (χ0n) is 22.1. The maximum absolute atomic E-state index is 10.2. The number of nitriles is 1. The predicted octanol–water partition coefficient (Wildman–Crippen LogP) is 7.28. The average Bonchev–Trinajstić information content (AvgIpc) is 2.80. The Morgan fingerprint density at radius 3 is 2.32 bits per heavy atom. The van der Waals surface area contributed by atoms with Crippen LogP contribution in [0.2, 0.25) is 24.2 Å². The average molecular weight is 474 g/mol. The number of ether oxygens (including phenoxy) is 1. The molecule has 0 aliphatic heterocycles. The van der Waals surface area contributed by atoms with E-state index in [0.29, 0.717) is 17.3 Å². The summed E-state index contributed by atoms with van der Waals surface area (Å²) in [5.74, 6) is 0.655. The van der Waals surface area contributed by atoms with Gasteiger partial charge in [0.15, 0.2) is 0 Å². The molecule has 0 saturated heterocycles. The van der Waals surface area contributed by atoms with E-state index in [1.54, 1.807) is 7.11 Å². The Labute approximate surface area is 206 Å². The third kappa shape index (κ3) is 5.50. The molecule has 0 aliphatic rings. The maximum atomic E-state index is 10.2. The third-order valence-electron chi connectivity index (χ3n) is 7.75. The standard InChI is InChI=1S/C29H39N3OSi/c1-9-21-17-22-13-14-23(18-26(22)32-27(21)33-6)29(5,20-30)19-25-12-10-11-24(31-25)15-16-34(7,8)28(2,3)4/h10-14,17-18H,9,15-16,19H2,1-8H3. The van der Waals surface area contributed by atoms with Crippen LogP contribution in [0.3, 0.4) is 0 Å². The van der Waals surface area contributed by atoms with Crippen molar-refractivity contribution in [1.29, 1.82) is 5.26 Å². The van der Waals surface area contributed by atoms with Crippen LogP contribution < -0.4 is 4.74 Å². The van der Waals surface area contributed by atoms with Crippen molar-refractivity contribution in [1.82, 2.24) is 9.97 Å². The fourth-order valence-electron chi connectivity index (χ4n) is 4.12. The summed E-state index contributed by atoms with van der Waals surface area (Å²) in [6.07, 6.45) is 2.42. The van der Waals surface area contributed by atoms with Gasteiger partial charge < -0.3 is 4.74 Å². The van der Waals surface area contributed by atoms with E-state index in [9.17, 15) is 5.26 Å². The molecule has 0 saturated carbocycles. The summed E-state index contributed by atoms with van der Waals surface area (Å²) < 4.78 is 5.49. The number of fused-ring (bicyclic) bond motifs is 1. The normalized spacial score (nSPS) is 14.0. The van der Waals surface area contributed by atoms with Crippen LogP contribution in [0.4, 0.5) is 0 Å². The van der Waals surface area contributed by atoms with E-state index in [2.05, 4.69) is 77.2 Å². The van der Waals surface area contributed by atoms with Crippen LogP contribution >= 0.6 is 0 Å². The van der Waals surface area contributed by atoms with Crippen LogP contribution in [0.15, 0.2) is 42.5 Å². The molecule has 1 unspecified atom stereocenters. The molecule has 180 valence electrons. The van der Waals surface area contributed by atoms with E-state index < -0.39 is 13.5 Å². The Morgan fingerprint density at radius 2 is 1.71 bits per heavy atom. The van der Waals surface area contributed by atoms with E-state index in [0.717, 1.165) is 46.3 Å². The highest BCUT2D eigenvalue weighted by atomic mass is 28.3. The summed E-state index contributed by atoms with van der Waals surface area (Å²) in [5, 5.41) is 11.6. The summed E-state index contributed by atoms with van der Waals surface area (Å²) in [6.45, 7) is 16.1. The monoisotopic (exact) mass is 473 g/mol. The minimum Gasteiger partial charge on any atom is -0.481 e. The van der Waals surface area contributed by atoms with Crippen molar-refractivity contribution < 1.29 is 4.74 Å². The minimum absolute atomic E-state index is 0.370. The molecule has 4 nitrogen and oxygen atoms in total. The van der Waals surface area contributed by atoms with E-state index in [1.807, 2.05) is 19.1 Å². The quantitative estimate of drug-likeness (QED) is 0.323. The molecule has 0 amide bonds. The molecule has 2 aromatic heterocycles. The van der Waals surface area contributed by atoms with Gasteiger partial charge in [0, 0.05) is 28.8 Å². The predicted molar refractivity (Wildman–Crippen MR) is 144 cm³/mol. The van der Waals surface area contributed by atoms with Crippen molar-refractivity contribution in [2.75, 3.05) is 7.11 Å². The molecule has 0 bridgehead atoms. The Balaban J connectivity index is 1.87. The number of methoxy groups -OCH3 is 1. The molecule has 0 aliphatic carbocycles. The fourth-order valence-corrected chi connectivity index (χ4v) is 5.75. The molecule has 3 aromatic rings. The zero-order chi connectivity index (χ0) is 25.1. The third-order valence-corrected chi connectivity index (χ3v) is 13.3. The van der Waals surface area contributed by atoms with Crippen LogP contribution in [0.1, 0.15) is 57.1 Å². The van der Waals surface area contributed by atoms with Crippen molar-refractivity contribution in [3.8, 4) is 11.9 Å². The van der Waals surface area contributed by atoms with Crippen molar-refractivity contribution >= 4 is 19.0 Å². The fraction of sp³-hybridized carbons (Fsp3) is 0.483. The summed E-state index contributed by atoms with van der Waals surface area (Å²) in [5.41, 5.74) is 4.28. The first-order valence-corrected chi connectivity index (χ1v) is 15.5. The van der Waals surface area contributed by atoms with Crippen LogP contribution in [0.25, 0.3) is 10.9 Å². The van der Waals surface area contributed by atoms with Crippen LogP contribution in [-0.4, -0.2) is 25.2 Å². The molecule has 0 N–H and O–H groups in total. The number of benzene rings is 1. The molecule has 1 aromatic carbocycles. The number of aromatic nitrogens is 2. The summed E-state index contributed by atoms with van der Waals surface area (Å²) >= 11 is 0. The number of hydrogen-bond acceptors (Lipinski definition) is 4. The summed E-state index contributed by atoms with van der Waals surface area (Å²) in [7, 11) is 0.291. The Morgan fingerprint density at radius 1 is 1.00 bits per heavy atom. The van der Waals surface area contributed by atoms with Gasteiger partial charge in [0.25, 0.3) is 0 Å². The highest BCUT2D eigenvalue weighted by Crippen LogP contribution is 2.39. The van der Waals surface area contributed by atoms with Gasteiger partial charge in [-0.25, -0.2) is 4.98 Å². The first-order chi connectivity index (χ1) is 15.9. The van der Waals surface area contributed by atoms with Gasteiger partial charge >= 0.3 is 0 Å². The number of nitrogens with zero attached hydrogens (tertiary/aromatic N) is 3. The molecule has 0 spiro atoms. The highest BCUT2D eigenvalue weighted by Gasteiger charge is 2.34. The van der Waals surface area contributed by atoms with Crippen LogP contribution in [-0.2, 0) is 24.7 Å². The van der Waals surface area contributed by atoms with Gasteiger partial charge in [-0.2, -0.15) is 5.26 Å². The van der Waals surface area contributed by atoms with Gasteiger partial charge in [-0.1, -0.05) is 65.0 Å². The van der Waals surface area contributed by atoms with E-state index in [-0.39, 0.29) is 0 Å². The van der Waals surface area contributed by atoms with Crippen LogP contribution in [0, 0.1) is 11.3 Å². The molecule has 3 rings (SSSR count). The Kier molecular flexibility index (Phi) is 7.52. The van der Waals surface area contributed by atoms with Crippen molar-refractivity contribution in [2.45, 2.75) is 83.5 Å². The molecule has 0 radical (unpaired) electrons. The topological polar surface area (TPSA) is 58.8 Å². The Bertz CT molecular complexity index is 1210. The minimum atomic E-state index is -1.36. The van der Waals surface area contributed by atoms with Gasteiger partial charge in [0.1, 0.15) is 0 Å². The lowest BCUT2D eigenvalue weighted by Gasteiger charge is -2.37. The second-order valence-electron chi connectivity index (χ2n) is 11.3. The molecule has 2 heterocycles. The van der Waals surface area contributed by atoms with Crippen molar-refractivity contribution in [3.05, 3.63) is 65.0 Å². The molecule has 5 heteroatoms. The summed E-state index contributed by atoms with van der Waals surface area (Å²) in [4.78, 5) is 9.68. The van der Waals surface area contributed by atoms with Crippen molar-refractivity contribution in [3.63, 3.8) is 0 Å². The van der Waals surface area contributed by atoms with Crippen LogP contribution in [0.5, 0.6) is 5.88 Å². The second-order valence-corrected chi connectivity index (χ2v) is 17.1. The number of hydrogen-bond donors (Lipinski definition) is 0. The SMILES string of the molecule is CCc1cc2ccc(C(C)(C#N)Cc3cccc(CC[Si](C)(C)C(C)(C)C)n3)cc2nc1OC. The largest absolute Gasteiger partial charge is 0.481 e. The van der Waals surface area contributed by atoms with Crippen molar-refractivity contribution in [2.24, 2.45) is 0 Å². The number of pyridine rings is 2.